The lowest BCUT2D eigenvalue weighted by molar-refractivity contribution is -0.139. The number of rotatable bonds is 3. The summed E-state index contributed by atoms with van der Waals surface area (Å²) in [5.74, 6) is -1.37. The predicted octanol–water partition coefficient (Wildman–Crippen LogP) is 4.58. The molecule has 7 rings (SSSR count). The fourth-order valence-corrected chi connectivity index (χ4v) is 5.60. The van der Waals surface area contributed by atoms with Crippen molar-refractivity contribution in [3.63, 3.8) is 0 Å². The second kappa shape index (κ2) is 6.88. The van der Waals surface area contributed by atoms with Crippen LogP contribution in [-0.4, -0.2) is 23.0 Å². The number of hydrazone groups is 1. The standard InChI is InChI=1S/C27H20N2O2/c30-26-24-22-18-12-4-5-13-19(18)23(21-15-7-6-14-20(21)22)25(24)27(31)29(26)28-16-8-11-17-9-2-1-3-10-17/h1-16,22-25H/b11-8+,28-16+. The van der Waals surface area contributed by atoms with Crippen molar-refractivity contribution in [2.45, 2.75) is 11.8 Å². The first-order valence-corrected chi connectivity index (χ1v) is 10.6. The van der Waals surface area contributed by atoms with E-state index in [0.29, 0.717) is 0 Å². The number of hydrogen-bond donors (Lipinski definition) is 0. The van der Waals surface area contributed by atoms with E-state index in [2.05, 4.69) is 29.4 Å². The molecule has 31 heavy (non-hydrogen) atoms. The fourth-order valence-electron chi connectivity index (χ4n) is 5.60. The van der Waals surface area contributed by atoms with E-state index in [1.54, 1.807) is 6.08 Å². The molecule has 4 aliphatic rings. The average molecular weight is 404 g/mol. The van der Waals surface area contributed by atoms with Crippen LogP contribution in [0.4, 0.5) is 0 Å². The molecule has 0 spiro atoms. The molecule has 3 aromatic rings. The molecule has 2 atom stereocenters. The Morgan fingerprint density at radius 2 is 1.10 bits per heavy atom. The van der Waals surface area contributed by atoms with Crippen LogP contribution in [0.2, 0.25) is 0 Å². The highest BCUT2D eigenvalue weighted by atomic mass is 16.2. The molecule has 3 aromatic carbocycles. The molecule has 150 valence electrons. The minimum atomic E-state index is -0.391. The Labute approximate surface area is 180 Å². The number of amides is 2. The lowest BCUT2D eigenvalue weighted by Crippen LogP contribution is -2.41. The molecule has 2 unspecified atom stereocenters. The maximum atomic E-state index is 13.4. The van der Waals surface area contributed by atoms with Gasteiger partial charge in [0, 0.05) is 18.1 Å². The van der Waals surface area contributed by atoms with Crippen molar-refractivity contribution in [2.75, 3.05) is 0 Å². The minimum Gasteiger partial charge on any atom is -0.272 e. The van der Waals surface area contributed by atoms with Crippen molar-refractivity contribution in [3.05, 3.63) is 113 Å². The molecule has 2 amide bonds. The van der Waals surface area contributed by atoms with Gasteiger partial charge in [-0.05, 0) is 33.9 Å². The van der Waals surface area contributed by atoms with Crippen LogP contribution >= 0.6 is 0 Å². The quantitative estimate of drug-likeness (QED) is 0.474. The smallest absolute Gasteiger partial charge is 0.254 e. The summed E-state index contributed by atoms with van der Waals surface area (Å²) in [7, 11) is 0. The summed E-state index contributed by atoms with van der Waals surface area (Å²) in [4.78, 5) is 26.8. The van der Waals surface area contributed by atoms with Gasteiger partial charge in [0.2, 0.25) is 0 Å². The Morgan fingerprint density at radius 3 is 1.58 bits per heavy atom. The largest absolute Gasteiger partial charge is 0.272 e. The molecule has 1 saturated heterocycles. The zero-order valence-corrected chi connectivity index (χ0v) is 16.8. The minimum absolute atomic E-state index is 0.0982. The number of carbonyl (C=O) groups is 2. The van der Waals surface area contributed by atoms with Crippen LogP contribution in [0.25, 0.3) is 6.08 Å². The van der Waals surface area contributed by atoms with Gasteiger partial charge in [0.15, 0.2) is 0 Å². The third-order valence-electron chi connectivity index (χ3n) is 6.78. The zero-order chi connectivity index (χ0) is 20.9. The van der Waals surface area contributed by atoms with E-state index in [9.17, 15) is 9.59 Å². The van der Waals surface area contributed by atoms with E-state index in [-0.39, 0.29) is 23.7 Å². The van der Waals surface area contributed by atoms with Gasteiger partial charge in [-0.3, -0.25) is 9.59 Å². The fraction of sp³-hybridized carbons (Fsp3) is 0.148. The molecule has 1 aliphatic heterocycles. The Balaban J connectivity index is 1.37. The van der Waals surface area contributed by atoms with E-state index >= 15 is 0 Å². The molecule has 0 radical (unpaired) electrons. The van der Waals surface area contributed by atoms with Crippen LogP contribution in [0.5, 0.6) is 0 Å². The highest BCUT2D eigenvalue weighted by Gasteiger charge is 2.61. The number of benzene rings is 3. The predicted molar refractivity (Wildman–Crippen MR) is 119 cm³/mol. The van der Waals surface area contributed by atoms with E-state index in [1.807, 2.05) is 60.7 Å². The molecule has 0 aromatic heterocycles. The van der Waals surface area contributed by atoms with Gasteiger partial charge in [-0.2, -0.15) is 10.1 Å². The van der Waals surface area contributed by atoms with Crippen LogP contribution in [0, 0.1) is 11.8 Å². The van der Waals surface area contributed by atoms with Gasteiger partial charge in [0.25, 0.3) is 11.8 Å². The summed E-state index contributed by atoms with van der Waals surface area (Å²) in [5.41, 5.74) is 5.71. The SMILES string of the molecule is O=C1C2C3c4ccccc4C(c4ccccc43)C2C(=O)N1/N=C/C=C/c1ccccc1. The number of carbonyl (C=O) groups excluding carboxylic acids is 2. The lowest BCUT2D eigenvalue weighted by Gasteiger charge is -2.45. The maximum absolute atomic E-state index is 13.4. The summed E-state index contributed by atoms with van der Waals surface area (Å²) in [6, 6.07) is 26.3. The van der Waals surface area contributed by atoms with Gasteiger partial charge in [0.05, 0.1) is 11.8 Å². The maximum Gasteiger partial charge on any atom is 0.254 e. The van der Waals surface area contributed by atoms with Gasteiger partial charge in [-0.1, -0.05) is 84.9 Å². The number of hydrogen-bond acceptors (Lipinski definition) is 3. The molecule has 0 saturated carbocycles. The van der Waals surface area contributed by atoms with Crippen molar-refractivity contribution in [1.82, 2.24) is 5.01 Å². The second-order valence-corrected chi connectivity index (χ2v) is 8.29. The Kier molecular flexibility index (Phi) is 4.00. The van der Waals surface area contributed by atoms with Crippen LogP contribution in [-0.2, 0) is 9.59 Å². The molecule has 4 nitrogen and oxygen atoms in total. The van der Waals surface area contributed by atoms with Gasteiger partial charge < -0.3 is 0 Å². The number of allylic oxidation sites excluding steroid dienone is 1. The Morgan fingerprint density at radius 1 is 0.645 bits per heavy atom. The highest BCUT2D eigenvalue weighted by molar-refractivity contribution is 6.08. The van der Waals surface area contributed by atoms with Crippen molar-refractivity contribution < 1.29 is 9.59 Å². The van der Waals surface area contributed by atoms with Gasteiger partial charge in [-0.15, -0.1) is 0 Å². The third-order valence-corrected chi connectivity index (χ3v) is 6.78. The molecule has 2 bridgehead atoms. The van der Waals surface area contributed by atoms with Crippen LogP contribution in [0.1, 0.15) is 39.7 Å². The third kappa shape index (κ3) is 2.58. The molecular formula is C27H20N2O2. The Bertz CT molecular complexity index is 1150. The van der Waals surface area contributed by atoms with Crippen molar-refractivity contribution >= 4 is 24.1 Å². The number of imide groups is 1. The van der Waals surface area contributed by atoms with E-state index in [4.69, 9.17) is 0 Å². The van der Waals surface area contributed by atoms with Gasteiger partial charge in [0.1, 0.15) is 0 Å². The summed E-state index contributed by atoms with van der Waals surface area (Å²) in [6.45, 7) is 0. The molecule has 3 aliphatic carbocycles. The second-order valence-electron chi connectivity index (χ2n) is 8.29. The van der Waals surface area contributed by atoms with E-state index < -0.39 is 11.8 Å². The van der Waals surface area contributed by atoms with Crippen molar-refractivity contribution in [2.24, 2.45) is 16.9 Å². The van der Waals surface area contributed by atoms with E-state index in [1.165, 1.54) is 28.5 Å². The Hall–Kier alpha value is -3.79. The lowest BCUT2D eigenvalue weighted by atomic mass is 9.55. The molecule has 4 heteroatoms. The molecular weight excluding hydrogens is 384 g/mol. The average Bonchev–Trinajstić information content (AvgIpc) is 3.08. The van der Waals surface area contributed by atoms with Crippen molar-refractivity contribution in [1.29, 1.82) is 0 Å². The first kappa shape index (κ1) is 18.0. The first-order chi connectivity index (χ1) is 15.3. The highest BCUT2D eigenvalue weighted by Crippen LogP contribution is 2.60. The topological polar surface area (TPSA) is 49.7 Å². The van der Waals surface area contributed by atoms with Crippen LogP contribution in [0.3, 0.4) is 0 Å². The summed E-state index contributed by atoms with van der Waals surface area (Å²) in [5, 5.41) is 5.37. The summed E-state index contributed by atoms with van der Waals surface area (Å²) >= 11 is 0. The summed E-state index contributed by atoms with van der Waals surface area (Å²) in [6.07, 6.45) is 5.19. The van der Waals surface area contributed by atoms with Gasteiger partial charge >= 0.3 is 0 Å². The molecule has 1 heterocycles. The monoisotopic (exact) mass is 404 g/mol. The normalized spacial score (nSPS) is 25.9. The molecule has 1 fully saturated rings. The van der Waals surface area contributed by atoms with Crippen LogP contribution < -0.4 is 0 Å². The molecule has 0 N–H and O–H groups in total. The van der Waals surface area contributed by atoms with Crippen molar-refractivity contribution in [3.8, 4) is 0 Å². The number of nitrogens with zero attached hydrogens (tertiary/aromatic N) is 2. The van der Waals surface area contributed by atoms with Gasteiger partial charge in [-0.25, -0.2) is 0 Å². The van der Waals surface area contributed by atoms with Crippen LogP contribution in [0.15, 0.2) is 90.0 Å². The summed E-state index contributed by atoms with van der Waals surface area (Å²) < 4.78 is 0. The first-order valence-electron chi connectivity index (χ1n) is 10.6. The van der Waals surface area contributed by atoms with E-state index in [0.717, 1.165) is 10.6 Å². The zero-order valence-electron chi connectivity index (χ0n) is 16.8.